The molecular formula is C19H21N3O4. The first kappa shape index (κ1) is 16.8. The number of amides is 2. The minimum Gasteiger partial charge on any atom is -0.467 e. The lowest BCUT2D eigenvalue weighted by atomic mass is 10.0. The van der Waals surface area contributed by atoms with Gasteiger partial charge >= 0.3 is 0 Å². The van der Waals surface area contributed by atoms with Crippen molar-refractivity contribution in [2.24, 2.45) is 5.92 Å². The van der Waals surface area contributed by atoms with E-state index in [2.05, 4.69) is 10.3 Å². The van der Waals surface area contributed by atoms with Crippen LogP contribution in [0.3, 0.4) is 0 Å². The molecule has 0 spiro atoms. The van der Waals surface area contributed by atoms with Crippen molar-refractivity contribution < 1.29 is 18.7 Å². The predicted molar refractivity (Wildman–Crippen MR) is 91.8 cm³/mol. The summed E-state index contributed by atoms with van der Waals surface area (Å²) in [7, 11) is 0. The van der Waals surface area contributed by atoms with Gasteiger partial charge in [0.25, 0.3) is 0 Å². The highest BCUT2D eigenvalue weighted by molar-refractivity contribution is 5.84. The molecule has 26 heavy (non-hydrogen) atoms. The molecule has 136 valence electrons. The number of hydrogen-bond donors (Lipinski definition) is 1. The number of ether oxygens (including phenoxy) is 1. The molecule has 2 aromatic rings. The Balaban J connectivity index is 1.41. The second-order valence-corrected chi connectivity index (χ2v) is 6.64. The second-order valence-electron chi connectivity index (χ2n) is 6.64. The van der Waals surface area contributed by atoms with Crippen molar-refractivity contribution in [2.45, 2.75) is 31.5 Å². The van der Waals surface area contributed by atoms with Crippen molar-refractivity contribution in [3.05, 3.63) is 54.2 Å². The fourth-order valence-electron chi connectivity index (χ4n) is 3.77. The normalized spacial score (nSPS) is 24.5. The summed E-state index contributed by atoms with van der Waals surface area (Å²) in [6.45, 7) is 1.29. The Labute approximate surface area is 151 Å². The first-order valence-electron chi connectivity index (χ1n) is 8.83. The number of aromatic nitrogens is 1. The van der Waals surface area contributed by atoms with Gasteiger partial charge in [0.2, 0.25) is 11.8 Å². The molecule has 0 bridgehead atoms. The molecule has 1 N–H and O–H groups in total. The van der Waals surface area contributed by atoms with E-state index >= 15 is 0 Å². The lowest BCUT2D eigenvalue weighted by molar-refractivity contribution is -0.131. The van der Waals surface area contributed by atoms with E-state index in [9.17, 15) is 9.59 Å². The van der Waals surface area contributed by atoms with Gasteiger partial charge in [-0.2, -0.15) is 0 Å². The standard InChI is InChI=1S/C19H21N3O4/c23-17(10-13-4-1-2-7-20-13)22-12-15(18-16(22)6-9-26-18)19(24)21-11-14-5-3-8-25-14/h1-5,7-8,15-16,18H,6,9-12H2,(H,21,24)/t15-,16+,18+/m1/s1. The molecule has 3 atom stereocenters. The zero-order valence-electron chi connectivity index (χ0n) is 14.3. The second kappa shape index (κ2) is 7.29. The smallest absolute Gasteiger partial charge is 0.228 e. The highest BCUT2D eigenvalue weighted by Crippen LogP contribution is 2.34. The molecule has 2 aromatic heterocycles. The van der Waals surface area contributed by atoms with E-state index in [1.165, 1.54) is 0 Å². The first-order valence-corrected chi connectivity index (χ1v) is 8.83. The topological polar surface area (TPSA) is 84.7 Å². The molecule has 2 saturated heterocycles. The molecule has 2 aliphatic heterocycles. The highest BCUT2D eigenvalue weighted by Gasteiger charge is 2.50. The summed E-state index contributed by atoms with van der Waals surface area (Å²) in [5, 5.41) is 2.89. The van der Waals surface area contributed by atoms with Crippen LogP contribution >= 0.6 is 0 Å². The molecule has 7 nitrogen and oxygen atoms in total. The van der Waals surface area contributed by atoms with Gasteiger partial charge in [-0.1, -0.05) is 6.07 Å². The molecule has 2 fully saturated rings. The third kappa shape index (κ3) is 3.35. The van der Waals surface area contributed by atoms with Crippen LogP contribution in [-0.2, 0) is 27.3 Å². The maximum atomic E-state index is 12.8. The SMILES string of the molecule is O=C(NCc1ccco1)[C@@H]1CN(C(=O)Cc2ccccn2)[C@H]2CCO[C@@H]12. The van der Waals surface area contributed by atoms with Crippen molar-refractivity contribution in [3.63, 3.8) is 0 Å². The van der Waals surface area contributed by atoms with E-state index in [1.807, 2.05) is 24.3 Å². The Morgan fingerprint density at radius 2 is 2.19 bits per heavy atom. The molecular weight excluding hydrogens is 334 g/mol. The summed E-state index contributed by atoms with van der Waals surface area (Å²) in [4.78, 5) is 31.4. The maximum absolute atomic E-state index is 12.8. The molecule has 0 radical (unpaired) electrons. The Morgan fingerprint density at radius 1 is 1.27 bits per heavy atom. The number of pyridine rings is 1. The van der Waals surface area contributed by atoms with Crippen LogP contribution in [0.4, 0.5) is 0 Å². The number of carbonyl (C=O) groups excluding carboxylic acids is 2. The number of rotatable bonds is 5. The van der Waals surface area contributed by atoms with Crippen molar-refractivity contribution in [1.29, 1.82) is 0 Å². The third-order valence-corrected chi connectivity index (χ3v) is 5.03. The van der Waals surface area contributed by atoms with Crippen LogP contribution in [0.15, 0.2) is 47.2 Å². The molecule has 2 aliphatic rings. The Hall–Kier alpha value is -2.67. The van der Waals surface area contributed by atoms with Crippen molar-refractivity contribution >= 4 is 11.8 Å². The molecule has 0 saturated carbocycles. The van der Waals surface area contributed by atoms with Crippen LogP contribution in [0.1, 0.15) is 17.9 Å². The van der Waals surface area contributed by atoms with Crippen LogP contribution in [0, 0.1) is 5.92 Å². The van der Waals surface area contributed by atoms with Gasteiger partial charge in [0.1, 0.15) is 5.76 Å². The summed E-state index contributed by atoms with van der Waals surface area (Å²) < 4.78 is 11.0. The molecule has 4 rings (SSSR count). The van der Waals surface area contributed by atoms with Gasteiger partial charge in [-0.05, 0) is 30.7 Å². The average Bonchev–Trinajstić information content (AvgIpc) is 3.38. The third-order valence-electron chi connectivity index (χ3n) is 5.03. The quantitative estimate of drug-likeness (QED) is 0.870. The number of carbonyl (C=O) groups is 2. The number of nitrogens with one attached hydrogen (secondary N) is 1. The van der Waals surface area contributed by atoms with Crippen molar-refractivity contribution in [3.8, 4) is 0 Å². The predicted octanol–water partition coefficient (Wildman–Crippen LogP) is 1.15. The number of likely N-dealkylation sites (tertiary alicyclic amines) is 1. The lowest BCUT2D eigenvalue weighted by Gasteiger charge is -2.22. The van der Waals surface area contributed by atoms with E-state index < -0.39 is 0 Å². The van der Waals surface area contributed by atoms with Gasteiger partial charge in [0, 0.05) is 25.0 Å². The number of hydrogen-bond acceptors (Lipinski definition) is 5. The molecule has 0 aliphatic carbocycles. The summed E-state index contributed by atoms with van der Waals surface area (Å²) in [5.41, 5.74) is 0.735. The average molecular weight is 355 g/mol. The van der Waals surface area contributed by atoms with Gasteiger partial charge in [-0.15, -0.1) is 0 Å². The zero-order valence-corrected chi connectivity index (χ0v) is 14.3. The molecule has 0 unspecified atom stereocenters. The molecule has 0 aromatic carbocycles. The fraction of sp³-hybridized carbons (Fsp3) is 0.421. The van der Waals surface area contributed by atoms with Crippen LogP contribution in [0.5, 0.6) is 0 Å². The fourth-order valence-corrected chi connectivity index (χ4v) is 3.77. The van der Waals surface area contributed by atoms with Gasteiger partial charge in [-0.25, -0.2) is 0 Å². The molecule has 4 heterocycles. The maximum Gasteiger partial charge on any atom is 0.228 e. The van der Waals surface area contributed by atoms with Gasteiger partial charge in [0.05, 0.1) is 37.3 Å². The highest BCUT2D eigenvalue weighted by atomic mass is 16.5. The Kier molecular flexibility index (Phi) is 4.71. The van der Waals surface area contributed by atoms with Crippen LogP contribution in [-0.4, -0.2) is 47.0 Å². The van der Waals surface area contributed by atoms with E-state index in [-0.39, 0.29) is 36.3 Å². The van der Waals surface area contributed by atoms with E-state index in [4.69, 9.17) is 9.15 Å². The molecule has 7 heteroatoms. The Morgan fingerprint density at radius 3 is 2.96 bits per heavy atom. The summed E-state index contributed by atoms with van der Waals surface area (Å²) in [6, 6.07) is 9.09. The van der Waals surface area contributed by atoms with E-state index in [0.29, 0.717) is 25.5 Å². The molecule has 2 amide bonds. The lowest BCUT2D eigenvalue weighted by Crippen LogP contribution is -2.38. The minimum atomic E-state index is -0.356. The van der Waals surface area contributed by atoms with Crippen molar-refractivity contribution in [2.75, 3.05) is 13.2 Å². The number of fused-ring (bicyclic) bond motifs is 1. The minimum absolute atomic E-state index is 0.00876. The number of nitrogens with zero attached hydrogens (tertiary/aromatic N) is 2. The summed E-state index contributed by atoms with van der Waals surface area (Å²) >= 11 is 0. The van der Waals surface area contributed by atoms with Crippen molar-refractivity contribution in [1.82, 2.24) is 15.2 Å². The number of furan rings is 1. The van der Waals surface area contributed by atoms with Crippen LogP contribution in [0.2, 0.25) is 0 Å². The summed E-state index contributed by atoms with van der Waals surface area (Å²) in [5.74, 6) is 0.227. The van der Waals surface area contributed by atoms with Gasteiger partial charge in [-0.3, -0.25) is 14.6 Å². The largest absolute Gasteiger partial charge is 0.467 e. The zero-order chi connectivity index (χ0) is 17.9. The van der Waals surface area contributed by atoms with Gasteiger partial charge in [0.15, 0.2) is 0 Å². The van der Waals surface area contributed by atoms with Crippen LogP contribution in [0.25, 0.3) is 0 Å². The first-order chi connectivity index (χ1) is 12.7. The van der Waals surface area contributed by atoms with Gasteiger partial charge < -0.3 is 19.4 Å². The van der Waals surface area contributed by atoms with Crippen LogP contribution < -0.4 is 5.32 Å². The Bertz CT molecular complexity index is 762. The summed E-state index contributed by atoms with van der Waals surface area (Å²) in [6.07, 6.45) is 4.02. The monoisotopic (exact) mass is 355 g/mol. The van der Waals surface area contributed by atoms with E-state index in [0.717, 1.165) is 12.1 Å². The van der Waals surface area contributed by atoms with E-state index in [1.54, 1.807) is 23.4 Å².